The lowest BCUT2D eigenvalue weighted by molar-refractivity contribution is 0.102. The summed E-state index contributed by atoms with van der Waals surface area (Å²) in [7, 11) is 1.78. The number of urea groups is 1. The van der Waals surface area contributed by atoms with Gasteiger partial charge in [0.05, 0.1) is 11.9 Å². The predicted octanol–water partition coefficient (Wildman–Crippen LogP) is 1.96. The number of carbonyl (C=O) groups excluding carboxylic acids is 2. The van der Waals surface area contributed by atoms with Gasteiger partial charge in [0.25, 0.3) is 5.91 Å². The predicted molar refractivity (Wildman–Crippen MR) is 82.8 cm³/mol. The van der Waals surface area contributed by atoms with Crippen LogP contribution in [-0.2, 0) is 7.05 Å². The van der Waals surface area contributed by atoms with Gasteiger partial charge in [-0.3, -0.25) is 9.48 Å². The van der Waals surface area contributed by atoms with Gasteiger partial charge in [-0.1, -0.05) is 0 Å². The summed E-state index contributed by atoms with van der Waals surface area (Å²) in [6, 6.07) is 6.83. The molecule has 0 aliphatic heterocycles. The molecule has 0 atom stereocenters. The van der Waals surface area contributed by atoms with Gasteiger partial charge in [0.15, 0.2) is 0 Å². The van der Waals surface area contributed by atoms with Crippen molar-refractivity contribution in [1.82, 2.24) is 15.1 Å². The normalized spacial score (nSPS) is 13.5. The third kappa shape index (κ3) is 3.63. The Morgan fingerprint density at radius 2 is 1.86 bits per heavy atom. The van der Waals surface area contributed by atoms with Crippen molar-refractivity contribution in [2.24, 2.45) is 7.05 Å². The first-order valence-corrected chi connectivity index (χ1v) is 7.08. The van der Waals surface area contributed by atoms with Crippen molar-refractivity contribution in [1.29, 1.82) is 0 Å². The maximum Gasteiger partial charge on any atom is 0.319 e. The van der Waals surface area contributed by atoms with E-state index in [9.17, 15) is 9.59 Å². The lowest BCUT2D eigenvalue weighted by atomic mass is 10.2. The van der Waals surface area contributed by atoms with E-state index in [0.717, 1.165) is 12.8 Å². The number of rotatable bonds is 4. The molecule has 0 bridgehead atoms. The minimum absolute atomic E-state index is 0.213. The molecule has 1 aliphatic carbocycles. The van der Waals surface area contributed by atoms with Gasteiger partial charge in [-0.05, 0) is 37.1 Å². The molecule has 1 aliphatic rings. The smallest absolute Gasteiger partial charge is 0.319 e. The number of aryl methyl sites for hydroxylation is 1. The van der Waals surface area contributed by atoms with E-state index in [4.69, 9.17) is 0 Å². The van der Waals surface area contributed by atoms with Gasteiger partial charge in [-0.25, -0.2) is 4.79 Å². The summed E-state index contributed by atoms with van der Waals surface area (Å²) in [4.78, 5) is 23.7. The second-order valence-electron chi connectivity index (χ2n) is 5.31. The van der Waals surface area contributed by atoms with Crippen LogP contribution in [0.2, 0.25) is 0 Å². The average molecular weight is 299 g/mol. The zero-order chi connectivity index (χ0) is 15.5. The van der Waals surface area contributed by atoms with Crippen molar-refractivity contribution in [2.75, 3.05) is 10.6 Å². The molecule has 1 heterocycles. The molecule has 7 nitrogen and oxygen atoms in total. The fourth-order valence-electron chi connectivity index (χ4n) is 1.97. The Morgan fingerprint density at radius 3 is 2.45 bits per heavy atom. The largest absolute Gasteiger partial charge is 0.335 e. The van der Waals surface area contributed by atoms with Gasteiger partial charge in [-0.15, -0.1) is 0 Å². The van der Waals surface area contributed by atoms with Crippen LogP contribution >= 0.6 is 0 Å². The molecule has 2 aromatic rings. The van der Waals surface area contributed by atoms with Crippen LogP contribution in [0.3, 0.4) is 0 Å². The number of nitrogens with one attached hydrogen (secondary N) is 3. The molecular formula is C15H17N5O2. The third-order valence-corrected chi connectivity index (χ3v) is 3.28. The summed E-state index contributed by atoms with van der Waals surface area (Å²) in [5.41, 5.74) is 1.80. The SMILES string of the molecule is Cn1cc(NC(=O)c2ccc(NC(=O)NC3CC3)cc2)cn1. The van der Waals surface area contributed by atoms with Gasteiger partial charge >= 0.3 is 6.03 Å². The maximum absolute atomic E-state index is 12.1. The molecule has 114 valence electrons. The van der Waals surface area contributed by atoms with E-state index in [0.29, 0.717) is 23.0 Å². The van der Waals surface area contributed by atoms with Crippen LogP contribution in [0, 0.1) is 0 Å². The highest BCUT2D eigenvalue weighted by Crippen LogP contribution is 2.19. The summed E-state index contributed by atoms with van der Waals surface area (Å²) in [6.07, 6.45) is 5.38. The molecule has 0 radical (unpaired) electrons. The Balaban J connectivity index is 1.58. The standard InChI is InChI=1S/C15H17N5O2/c1-20-9-13(8-16-20)17-14(21)10-2-4-11(5-3-10)18-15(22)19-12-6-7-12/h2-5,8-9,12H,6-7H2,1H3,(H,17,21)(H2,18,19,22). The number of amides is 3. The van der Waals surface area contributed by atoms with Crippen LogP contribution in [-0.4, -0.2) is 27.8 Å². The highest BCUT2D eigenvalue weighted by molar-refractivity contribution is 6.04. The Hall–Kier alpha value is -2.83. The second kappa shape index (κ2) is 5.88. The van der Waals surface area contributed by atoms with E-state index in [2.05, 4.69) is 21.0 Å². The highest BCUT2D eigenvalue weighted by Gasteiger charge is 2.23. The van der Waals surface area contributed by atoms with E-state index < -0.39 is 0 Å². The molecule has 0 unspecified atom stereocenters. The number of carbonyl (C=O) groups is 2. The fraction of sp³-hybridized carbons (Fsp3) is 0.267. The van der Waals surface area contributed by atoms with Crippen molar-refractivity contribution in [3.63, 3.8) is 0 Å². The minimum Gasteiger partial charge on any atom is -0.335 e. The summed E-state index contributed by atoms with van der Waals surface area (Å²) in [5, 5.41) is 12.3. The molecule has 0 spiro atoms. The number of aromatic nitrogens is 2. The first-order valence-electron chi connectivity index (χ1n) is 7.08. The van der Waals surface area contributed by atoms with Crippen molar-refractivity contribution >= 4 is 23.3 Å². The molecule has 3 amide bonds. The Bertz CT molecular complexity index is 688. The molecule has 3 rings (SSSR count). The van der Waals surface area contributed by atoms with Crippen molar-refractivity contribution in [2.45, 2.75) is 18.9 Å². The van der Waals surface area contributed by atoms with Crippen molar-refractivity contribution < 1.29 is 9.59 Å². The molecule has 1 saturated carbocycles. The van der Waals surface area contributed by atoms with Crippen LogP contribution in [0.1, 0.15) is 23.2 Å². The Labute approximate surface area is 127 Å². The zero-order valence-electron chi connectivity index (χ0n) is 12.2. The van der Waals surface area contributed by atoms with Crippen LogP contribution in [0.5, 0.6) is 0 Å². The lowest BCUT2D eigenvalue weighted by Gasteiger charge is -2.07. The number of benzene rings is 1. The number of hydrogen-bond acceptors (Lipinski definition) is 3. The highest BCUT2D eigenvalue weighted by atomic mass is 16.2. The maximum atomic E-state index is 12.1. The lowest BCUT2D eigenvalue weighted by Crippen LogP contribution is -2.30. The molecule has 3 N–H and O–H groups in total. The molecular weight excluding hydrogens is 282 g/mol. The van der Waals surface area contributed by atoms with Crippen LogP contribution < -0.4 is 16.0 Å². The summed E-state index contributed by atoms with van der Waals surface area (Å²) in [6.45, 7) is 0. The minimum atomic E-state index is -0.220. The van der Waals surface area contributed by atoms with Crippen LogP contribution in [0.4, 0.5) is 16.2 Å². The molecule has 1 aromatic heterocycles. The summed E-state index contributed by atoms with van der Waals surface area (Å²) < 4.78 is 1.61. The Kier molecular flexibility index (Phi) is 3.78. The fourth-order valence-corrected chi connectivity index (χ4v) is 1.97. The summed E-state index contributed by atoms with van der Waals surface area (Å²) >= 11 is 0. The molecule has 0 saturated heterocycles. The number of nitrogens with zero attached hydrogens (tertiary/aromatic N) is 2. The monoisotopic (exact) mass is 299 g/mol. The van der Waals surface area contributed by atoms with Crippen molar-refractivity contribution in [3.05, 3.63) is 42.2 Å². The third-order valence-electron chi connectivity index (χ3n) is 3.28. The quantitative estimate of drug-likeness (QED) is 0.806. The van der Waals surface area contributed by atoms with Gasteiger partial charge < -0.3 is 16.0 Å². The zero-order valence-corrected chi connectivity index (χ0v) is 12.2. The molecule has 1 aromatic carbocycles. The van der Waals surface area contributed by atoms with E-state index in [1.54, 1.807) is 48.4 Å². The molecule has 22 heavy (non-hydrogen) atoms. The van der Waals surface area contributed by atoms with Gasteiger partial charge in [0.1, 0.15) is 0 Å². The topological polar surface area (TPSA) is 88.0 Å². The number of hydrogen-bond donors (Lipinski definition) is 3. The molecule has 7 heteroatoms. The average Bonchev–Trinajstić information content (AvgIpc) is 3.20. The van der Waals surface area contributed by atoms with Crippen LogP contribution in [0.25, 0.3) is 0 Å². The second-order valence-corrected chi connectivity index (χ2v) is 5.31. The number of anilines is 2. The van der Waals surface area contributed by atoms with E-state index >= 15 is 0 Å². The van der Waals surface area contributed by atoms with Gasteiger partial charge in [0, 0.05) is 30.5 Å². The van der Waals surface area contributed by atoms with Crippen LogP contribution in [0.15, 0.2) is 36.7 Å². The molecule has 1 fully saturated rings. The van der Waals surface area contributed by atoms with Gasteiger partial charge in [0.2, 0.25) is 0 Å². The first-order chi connectivity index (χ1) is 10.6. The van der Waals surface area contributed by atoms with Crippen molar-refractivity contribution in [3.8, 4) is 0 Å². The first kappa shape index (κ1) is 14.1. The Morgan fingerprint density at radius 1 is 1.14 bits per heavy atom. The van der Waals surface area contributed by atoms with E-state index in [1.165, 1.54) is 0 Å². The van der Waals surface area contributed by atoms with E-state index in [-0.39, 0.29) is 11.9 Å². The van der Waals surface area contributed by atoms with E-state index in [1.807, 2.05) is 0 Å². The summed E-state index contributed by atoms with van der Waals surface area (Å²) in [5.74, 6) is -0.220. The van der Waals surface area contributed by atoms with Gasteiger partial charge in [-0.2, -0.15) is 5.10 Å².